The molecule has 0 amide bonds. The number of nitrogens with zero attached hydrogens (tertiary/aromatic N) is 6. The van der Waals surface area contributed by atoms with Crippen molar-refractivity contribution in [1.82, 2.24) is 14.5 Å². The summed E-state index contributed by atoms with van der Waals surface area (Å²) in [5.74, 6) is 3.83. The van der Waals surface area contributed by atoms with Crippen molar-refractivity contribution >= 4 is 61.6 Å². The summed E-state index contributed by atoms with van der Waals surface area (Å²) in [4.78, 5) is 25.2. The number of amidine groups is 2. The van der Waals surface area contributed by atoms with E-state index in [0.717, 1.165) is 67.3 Å². The van der Waals surface area contributed by atoms with Crippen molar-refractivity contribution in [1.29, 1.82) is 0 Å². The first-order chi connectivity index (χ1) is 32.9. The van der Waals surface area contributed by atoms with Gasteiger partial charge in [0.05, 0.1) is 28.7 Å². The number of anilines is 1. The van der Waals surface area contributed by atoms with Gasteiger partial charge in [-0.15, -0.1) is 23.1 Å². The highest BCUT2D eigenvalue weighted by atomic mass is 32.2. The highest BCUT2D eigenvalue weighted by Crippen LogP contribution is 2.63. The van der Waals surface area contributed by atoms with E-state index in [1.807, 2.05) is 23.1 Å². The van der Waals surface area contributed by atoms with Gasteiger partial charge in [-0.05, 0) is 105 Å². The molecule has 0 radical (unpaired) electrons. The van der Waals surface area contributed by atoms with Crippen LogP contribution in [0.1, 0.15) is 92.2 Å². The molecule has 0 saturated heterocycles. The molecular formula is C59H54N6S2. The lowest BCUT2D eigenvalue weighted by atomic mass is 9.71. The molecule has 14 rings (SSSR count). The molecule has 3 aliphatic heterocycles. The van der Waals surface area contributed by atoms with Gasteiger partial charge in [-0.25, -0.2) is 15.0 Å². The van der Waals surface area contributed by atoms with Gasteiger partial charge in [-0.3, -0.25) is 0 Å². The summed E-state index contributed by atoms with van der Waals surface area (Å²) < 4.78 is 3.92. The molecule has 6 aromatic rings. The van der Waals surface area contributed by atoms with Crippen LogP contribution in [-0.2, 0) is 6.42 Å². The van der Waals surface area contributed by atoms with Gasteiger partial charge < -0.3 is 14.4 Å². The van der Waals surface area contributed by atoms with Crippen LogP contribution < -0.4 is 4.90 Å². The first-order valence-electron chi connectivity index (χ1n) is 24.7. The van der Waals surface area contributed by atoms with Gasteiger partial charge in [-0.2, -0.15) is 0 Å². The molecule has 5 aliphatic carbocycles. The Morgan fingerprint density at radius 2 is 1.75 bits per heavy atom. The monoisotopic (exact) mass is 910 g/mol. The first-order valence-corrected chi connectivity index (χ1v) is 26.4. The van der Waals surface area contributed by atoms with Crippen molar-refractivity contribution in [3.63, 3.8) is 0 Å². The molecule has 0 saturated carbocycles. The fraction of sp³-hybridized carbons (Fsp3) is 0.305. The first kappa shape index (κ1) is 40.1. The predicted octanol–water partition coefficient (Wildman–Crippen LogP) is 14.4. The highest BCUT2D eigenvalue weighted by Gasteiger charge is 2.53. The molecule has 6 nitrogen and oxygen atoms in total. The van der Waals surface area contributed by atoms with Gasteiger partial charge in [-0.1, -0.05) is 116 Å². The third kappa shape index (κ3) is 5.91. The lowest BCUT2D eigenvalue weighted by Crippen LogP contribution is -2.46. The molecule has 0 fully saturated rings. The Morgan fingerprint density at radius 1 is 0.881 bits per heavy atom. The number of fused-ring (bicyclic) bond motifs is 13. The standard InChI is InChI=1S/C59H54N6S2/c1-35-32-48-52(41-24-12-15-27-46(41)67-48)54-50(35)39-22-10-13-25-44(39)64(54)38-33-42(58-62-55(36-18-6-4-7-19-36)61-56(63(58)3)37-20-8-5-9-21-37)57(60-34-38)65-49-28-16-17-31-59(49,2)43-29-30-47-51(53(43)65)40-23-11-14-26-45(40)66-47/h4,6-8,10-15,18,20,22-30,33-37,47,51,56H,5,9,16-17,19,21,31-32H2,1-3H3. The third-order valence-corrected chi connectivity index (χ3v) is 18.8. The minimum Gasteiger partial charge on any atom is -0.336 e. The highest BCUT2D eigenvalue weighted by molar-refractivity contribution is 8.00. The van der Waals surface area contributed by atoms with Gasteiger partial charge >= 0.3 is 0 Å². The molecule has 0 spiro atoms. The zero-order valence-corrected chi connectivity index (χ0v) is 40.0. The smallest absolute Gasteiger partial charge is 0.148 e. The van der Waals surface area contributed by atoms with Crippen molar-refractivity contribution in [3.05, 3.63) is 178 Å². The van der Waals surface area contributed by atoms with E-state index >= 15 is 0 Å². The van der Waals surface area contributed by atoms with Gasteiger partial charge in [0.25, 0.3) is 0 Å². The van der Waals surface area contributed by atoms with E-state index < -0.39 is 0 Å². The number of allylic oxidation sites excluding steroid dienone is 8. The van der Waals surface area contributed by atoms with Crippen molar-refractivity contribution in [2.24, 2.45) is 27.2 Å². The van der Waals surface area contributed by atoms with E-state index in [9.17, 15) is 0 Å². The predicted molar refractivity (Wildman–Crippen MR) is 280 cm³/mol. The molecule has 67 heavy (non-hydrogen) atoms. The minimum atomic E-state index is -0.126. The second kappa shape index (κ2) is 15.3. The Balaban J connectivity index is 1.05. The number of thioether (sulfide) groups is 1. The van der Waals surface area contributed by atoms with Crippen LogP contribution >= 0.6 is 23.1 Å². The van der Waals surface area contributed by atoms with Crippen LogP contribution in [-0.4, -0.2) is 44.6 Å². The van der Waals surface area contributed by atoms with E-state index in [4.69, 9.17) is 15.0 Å². The summed E-state index contributed by atoms with van der Waals surface area (Å²) >= 11 is 3.99. The van der Waals surface area contributed by atoms with E-state index in [1.165, 1.54) is 83.0 Å². The fourth-order valence-corrected chi connectivity index (χ4v) is 15.9. The Kier molecular flexibility index (Phi) is 9.15. The molecule has 6 heterocycles. The molecule has 0 bridgehead atoms. The van der Waals surface area contributed by atoms with Crippen molar-refractivity contribution in [2.45, 2.75) is 93.4 Å². The number of aromatic nitrogens is 2. The maximum absolute atomic E-state index is 5.88. The summed E-state index contributed by atoms with van der Waals surface area (Å²) in [6, 6.07) is 29.7. The zero-order valence-electron chi connectivity index (χ0n) is 38.4. The van der Waals surface area contributed by atoms with Crippen molar-refractivity contribution in [2.75, 3.05) is 11.9 Å². The average Bonchev–Trinajstić information content (AvgIpc) is 4.11. The molecule has 8 aliphatic rings. The van der Waals surface area contributed by atoms with Crippen LogP contribution in [0, 0.1) is 17.3 Å². The molecular weight excluding hydrogens is 857 g/mol. The largest absolute Gasteiger partial charge is 0.336 e. The molecule has 3 aromatic carbocycles. The molecule has 7 atom stereocenters. The Morgan fingerprint density at radius 3 is 2.63 bits per heavy atom. The van der Waals surface area contributed by atoms with Gasteiger partial charge in [0, 0.05) is 77.7 Å². The second-order valence-corrected chi connectivity index (χ2v) is 22.6. The Labute approximate surface area is 401 Å². The minimum absolute atomic E-state index is 0.0803. The van der Waals surface area contributed by atoms with Crippen LogP contribution in [0.5, 0.6) is 0 Å². The number of benzene rings is 3. The van der Waals surface area contributed by atoms with Gasteiger partial charge in [0.2, 0.25) is 0 Å². The molecule has 3 aromatic heterocycles. The second-order valence-electron chi connectivity index (χ2n) is 20.2. The number of rotatable bonds is 5. The lowest BCUT2D eigenvalue weighted by Gasteiger charge is -2.39. The maximum atomic E-state index is 5.88. The van der Waals surface area contributed by atoms with Crippen molar-refractivity contribution in [3.8, 4) is 16.9 Å². The third-order valence-electron chi connectivity index (χ3n) is 16.3. The topological polar surface area (TPSA) is 49.0 Å². The lowest BCUT2D eigenvalue weighted by molar-refractivity contribution is 0.279. The quantitative estimate of drug-likeness (QED) is 0.162. The number of hydrogen-bond donors (Lipinski definition) is 0. The maximum Gasteiger partial charge on any atom is 0.148 e. The van der Waals surface area contributed by atoms with E-state index in [2.05, 4.69) is 175 Å². The van der Waals surface area contributed by atoms with Crippen molar-refractivity contribution < 1.29 is 0 Å². The van der Waals surface area contributed by atoms with Crippen LogP contribution in [0.4, 0.5) is 5.82 Å². The van der Waals surface area contributed by atoms with Crippen LogP contribution in [0.25, 0.3) is 37.9 Å². The molecule has 332 valence electrons. The summed E-state index contributed by atoms with van der Waals surface area (Å²) in [5.41, 5.74) is 13.0. The van der Waals surface area contributed by atoms with E-state index in [0.29, 0.717) is 11.2 Å². The number of hydrogen-bond acceptors (Lipinski definition) is 7. The van der Waals surface area contributed by atoms with E-state index in [1.54, 1.807) is 0 Å². The average molecular weight is 911 g/mol. The van der Waals surface area contributed by atoms with Crippen LogP contribution in [0.2, 0.25) is 0 Å². The summed E-state index contributed by atoms with van der Waals surface area (Å²) in [7, 11) is 2.25. The fourth-order valence-electron chi connectivity index (χ4n) is 13.2. The van der Waals surface area contributed by atoms with Crippen LogP contribution in [0.15, 0.2) is 172 Å². The summed E-state index contributed by atoms with van der Waals surface area (Å²) in [6.07, 6.45) is 32.1. The summed E-state index contributed by atoms with van der Waals surface area (Å²) in [6.45, 7) is 4.93. The van der Waals surface area contributed by atoms with Gasteiger partial charge in [0.1, 0.15) is 23.7 Å². The van der Waals surface area contributed by atoms with Crippen LogP contribution in [0.3, 0.4) is 0 Å². The number of aliphatic imine (C=N–C) groups is 2. The number of para-hydroxylation sites is 1. The van der Waals surface area contributed by atoms with Gasteiger partial charge in [0.15, 0.2) is 0 Å². The number of pyridine rings is 1. The molecule has 7 unspecified atom stereocenters. The Bertz CT molecular complexity index is 3350. The Hall–Kier alpha value is -5.96. The zero-order chi connectivity index (χ0) is 44.5. The van der Waals surface area contributed by atoms with E-state index in [-0.39, 0.29) is 29.3 Å². The normalized spacial score (nSPS) is 28.0. The summed E-state index contributed by atoms with van der Waals surface area (Å²) in [5, 5.41) is 2.99. The SMILES string of the molecule is CC1Cc2sc3ccccc3c2-c2c1c1ccccc1n2-c1cnc(N2C3=CCCCC3(C)C3=C2C2c4ccccc4SC2C=C3)c(C2=NC(C3C=CC=CC3)=NC(C3C=CCCC3)N2C)c1. The number of thiophene rings is 1. The molecule has 8 heteroatoms. The molecule has 0 N–H and O–H groups in total.